The van der Waals surface area contributed by atoms with Gasteiger partial charge in [-0.2, -0.15) is 10.2 Å². The van der Waals surface area contributed by atoms with Gasteiger partial charge in [-0.25, -0.2) is 9.07 Å². The third-order valence-electron chi connectivity index (χ3n) is 5.39. The molecule has 0 saturated heterocycles. The number of nitrogens with one attached hydrogen (secondary N) is 1. The van der Waals surface area contributed by atoms with Gasteiger partial charge in [0.1, 0.15) is 17.0 Å². The van der Waals surface area contributed by atoms with Gasteiger partial charge in [-0.1, -0.05) is 30.3 Å². The van der Waals surface area contributed by atoms with Crippen LogP contribution in [0.5, 0.6) is 5.75 Å². The number of ether oxygens (including phenoxy) is 1. The molecule has 0 aliphatic heterocycles. The minimum Gasteiger partial charge on any atom is -0.494 e. The molecule has 7 nitrogen and oxygen atoms in total. The molecular formula is C24H26FN5O2. The SMILES string of the molecule is CCOc1ccc(-n2nc3c(NC(CCO)c4ccccc4)nnc(C)c3c2C)c(F)c1. The van der Waals surface area contributed by atoms with Gasteiger partial charge in [0.05, 0.1) is 29.4 Å². The number of aromatic nitrogens is 4. The quantitative estimate of drug-likeness (QED) is 0.424. The molecule has 2 N–H and O–H groups in total. The highest BCUT2D eigenvalue weighted by Gasteiger charge is 2.21. The molecule has 0 saturated carbocycles. The van der Waals surface area contributed by atoms with Crippen molar-refractivity contribution in [1.82, 2.24) is 20.0 Å². The van der Waals surface area contributed by atoms with Gasteiger partial charge in [-0.15, -0.1) is 5.10 Å². The van der Waals surface area contributed by atoms with Crippen LogP contribution in [0.15, 0.2) is 48.5 Å². The Hall–Kier alpha value is -3.52. The van der Waals surface area contributed by atoms with Gasteiger partial charge in [0.15, 0.2) is 11.6 Å². The normalized spacial score (nSPS) is 12.2. The summed E-state index contributed by atoms with van der Waals surface area (Å²) in [6, 6.07) is 14.4. The lowest BCUT2D eigenvalue weighted by Crippen LogP contribution is -2.14. The Labute approximate surface area is 185 Å². The first kappa shape index (κ1) is 21.7. The van der Waals surface area contributed by atoms with Gasteiger partial charge in [-0.05, 0) is 44.9 Å². The average Bonchev–Trinajstić information content (AvgIpc) is 3.14. The highest BCUT2D eigenvalue weighted by molar-refractivity contribution is 5.92. The Morgan fingerprint density at radius 2 is 1.91 bits per heavy atom. The Balaban J connectivity index is 1.79. The second-order valence-corrected chi connectivity index (χ2v) is 7.52. The predicted octanol–water partition coefficient (Wildman–Crippen LogP) is 4.51. The van der Waals surface area contributed by atoms with Crippen LogP contribution >= 0.6 is 0 Å². The molecule has 4 aromatic rings. The predicted molar refractivity (Wildman–Crippen MR) is 122 cm³/mol. The van der Waals surface area contributed by atoms with E-state index in [4.69, 9.17) is 9.84 Å². The summed E-state index contributed by atoms with van der Waals surface area (Å²) in [5.41, 5.74) is 3.41. The van der Waals surface area contributed by atoms with Gasteiger partial charge >= 0.3 is 0 Å². The van der Waals surface area contributed by atoms with Crippen LogP contribution in [0.3, 0.4) is 0 Å². The summed E-state index contributed by atoms with van der Waals surface area (Å²) < 4.78 is 21.8. The Kier molecular flexibility index (Phi) is 6.32. The molecule has 2 aromatic carbocycles. The molecule has 1 unspecified atom stereocenters. The van der Waals surface area contributed by atoms with Crippen LogP contribution in [0.1, 0.15) is 36.3 Å². The van der Waals surface area contributed by atoms with Crippen LogP contribution in [0.25, 0.3) is 16.6 Å². The van der Waals surface area contributed by atoms with Gasteiger partial charge in [0.25, 0.3) is 0 Å². The standard InChI is InChI=1S/C24H26FN5O2/c1-4-32-18-10-11-21(19(25)14-18)30-16(3)22-15(2)27-28-24(23(22)29-30)26-20(12-13-31)17-8-6-5-7-9-17/h5-11,14,20,31H,4,12-13H2,1-3H3,(H,26,28). The second kappa shape index (κ2) is 9.32. The minimum atomic E-state index is -0.428. The number of benzene rings is 2. The van der Waals surface area contributed by atoms with E-state index < -0.39 is 5.82 Å². The van der Waals surface area contributed by atoms with Crippen molar-refractivity contribution >= 4 is 16.7 Å². The van der Waals surface area contributed by atoms with E-state index in [0.29, 0.717) is 41.5 Å². The second-order valence-electron chi connectivity index (χ2n) is 7.52. The van der Waals surface area contributed by atoms with Crippen LogP contribution < -0.4 is 10.1 Å². The number of anilines is 1. The first-order valence-electron chi connectivity index (χ1n) is 10.6. The highest BCUT2D eigenvalue weighted by Crippen LogP contribution is 2.31. The van der Waals surface area contributed by atoms with E-state index in [1.54, 1.807) is 16.8 Å². The summed E-state index contributed by atoms with van der Waals surface area (Å²) in [4.78, 5) is 0. The van der Waals surface area contributed by atoms with Crippen molar-refractivity contribution in [1.29, 1.82) is 0 Å². The minimum absolute atomic E-state index is 0.0137. The molecule has 0 amide bonds. The number of rotatable bonds is 8. The Morgan fingerprint density at radius 3 is 2.59 bits per heavy atom. The van der Waals surface area contributed by atoms with E-state index in [2.05, 4.69) is 15.5 Å². The van der Waals surface area contributed by atoms with E-state index in [1.807, 2.05) is 51.1 Å². The maximum atomic E-state index is 14.9. The summed E-state index contributed by atoms with van der Waals surface area (Å²) in [6.07, 6.45) is 0.494. The maximum Gasteiger partial charge on any atom is 0.177 e. The van der Waals surface area contributed by atoms with Crippen molar-refractivity contribution in [2.45, 2.75) is 33.2 Å². The fraction of sp³-hybridized carbons (Fsp3) is 0.292. The van der Waals surface area contributed by atoms with Gasteiger partial charge < -0.3 is 15.2 Å². The maximum absolute atomic E-state index is 14.9. The fourth-order valence-corrected chi connectivity index (χ4v) is 3.87. The summed E-state index contributed by atoms with van der Waals surface area (Å²) in [6.45, 7) is 6.07. The average molecular weight is 436 g/mol. The van der Waals surface area contributed by atoms with Gasteiger partial charge in [0.2, 0.25) is 0 Å². The molecule has 8 heteroatoms. The van der Waals surface area contributed by atoms with Crippen LogP contribution in [0.4, 0.5) is 10.2 Å². The van der Waals surface area contributed by atoms with Crippen molar-refractivity contribution in [3.63, 3.8) is 0 Å². The van der Waals surface area contributed by atoms with Crippen LogP contribution in [0.2, 0.25) is 0 Å². The summed E-state index contributed by atoms with van der Waals surface area (Å²) >= 11 is 0. The fourth-order valence-electron chi connectivity index (χ4n) is 3.87. The molecule has 2 aromatic heterocycles. The molecule has 0 aliphatic carbocycles. The first-order valence-corrected chi connectivity index (χ1v) is 10.6. The van der Waals surface area contributed by atoms with E-state index >= 15 is 0 Å². The number of halogens is 1. The summed E-state index contributed by atoms with van der Waals surface area (Å²) in [5.74, 6) is 0.531. The molecule has 2 heterocycles. The van der Waals surface area contributed by atoms with E-state index in [9.17, 15) is 9.50 Å². The zero-order valence-electron chi connectivity index (χ0n) is 18.3. The Bertz CT molecular complexity index is 1230. The van der Waals surface area contributed by atoms with Crippen molar-refractivity contribution < 1.29 is 14.2 Å². The molecule has 1 atom stereocenters. The van der Waals surface area contributed by atoms with Gasteiger partial charge in [-0.3, -0.25) is 0 Å². The number of aryl methyl sites for hydroxylation is 2. The van der Waals surface area contributed by atoms with Crippen LogP contribution in [0, 0.1) is 19.7 Å². The van der Waals surface area contributed by atoms with E-state index in [1.165, 1.54) is 6.07 Å². The molecule has 0 fully saturated rings. The molecule has 166 valence electrons. The molecule has 0 bridgehead atoms. The summed E-state index contributed by atoms with van der Waals surface area (Å²) in [5, 5.41) is 27.1. The zero-order valence-corrected chi connectivity index (χ0v) is 18.3. The van der Waals surface area contributed by atoms with E-state index in [-0.39, 0.29) is 12.6 Å². The third kappa shape index (κ3) is 4.13. The Morgan fingerprint density at radius 1 is 1.12 bits per heavy atom. The van der Waals surface area contributed by atoms with Gasteiger partial charge in [0, 0.05) is 12.7 Å². The number of hydrogen-bond donors (Lipinski definition) is 2. The highest BCUT2D eigenvalue weighted by atomic mass is 19.1. The van der Waals surface area contributed by atoms with Crippen molar-refractivity contribution in [2.75, 3.05) is 18.5 Å². The number of hydrogen-bond acceptors (Lipinski definition) is 6. The van der Waals surface area contributed by atoms with Crippen LogP contribution in [-0.2, 0) is 0 Å². The number of aliphatic hydroxyl groups is 1. The monoisotopic (exact) mass is 435 g/mol. The first-order chi connectivity index (χ1) is 15.5. The smallest absolute Gasteiger partial charge is 0.177 e. The summed E-state index contributed by atoms with van der Waals surface area (Å²) in [7, 11) is 0. The topological polar surface area (TPSA) is 85.1 Å². The van der Waals surface area contributed by atoms with E-state index in [0.717, 1.165) is 16.6 Å². The van der Waals surface area contributed by atoms with Crippen LogP contribution in [-0.4, -0.2) is 38.3 Å². The molecule has 4 rings (SSSR count). The largest absolute Gasteiger partial charge is 0.494 e. The molecule has 0 spiro atoms. The lowest BCUT2D eigenvalue weighted by molar-refractivity contribution is 0.280. The lowest BCUT2D eigenvalue weighted by atomic mass is 10.0. The lowest BCUT2D eigenvalue weighted by Gasteiger charge is -2.18. The van der Waals surface area contributed by atoms with Crippen molar-refractivity contribution in [3.8, 4) is 11.4 Å². The molecule has 0 aliphatic rings. The molecular weight excluding hydrogens is 409 g/mol. The number of nitrogens with zero attached hydrogens (tertiary/aromatic N) is 4. The number of aliphatic hydroxyl groups excluding tert-OH is 1. The van der Waals surface area contributed by atoms with Crippen molar-refractivity contribution in [2.24, 2.45) is 0 Å². The van der Waals surface area contributed by atoms with Crippen molar-refractivity contribution in [3.05, 3.63) is 71.3 Å². The molecule has 0 radical (unpaired) electrons. The molecule has 32 heavy (non-hydrogen) atoms. The number of fused-ring (bicyclic) bond motifs is 1. The third-order valence-corrected chi connectivity index (χ3v) is 5.39. The zero-order chi connectivity index (χ0) is 22.7.